The molecule has 0 aliphatic carbocycles. The van der Waals surface area contributed by atoms with E-state index < -0.39 is 5.91 Å². The van der Waals surface area contributed by atoms with Gasteiger partial charge in [-0.2, -0.15) is 0 Å². The van der Waals surface area contributed by atoms with E-state index in [4.69, 9.17) is 17.3 Å². The number of primary amides is 1. The molecule has 0 aliphatic heterocycles. The number of nitrogens with one attached hydrogen (secondary N) is 1. The minimum Gasteiger partial charge on any atom is -0.370 e. The number of halogens is 1. The quantitative estimate of drug-likeness (QED) is 0.844. The number of pyridine rings is 1. The van der Waals surface area contributed by atoms with Crippen molar-refractivity contribution in [1.82, 2.24) is 10.3 Å². The highest BCUT2D eigenvalue weighted by atomic mass is 35.5. The second-order valence-corrected chi connectivity index (χ2v) is 4.91. The standard InChI is InChI=1S/C14H14ClN3O2/c1-8(6-12(16)19)18-14(20)11-7-17-13(15)10-5-3-2-4-9(10)11/h2-5,7-8H,6H2,1H3,(H2,16,19)(H,18,20). The van der Waals surface area contributed by atoms with Crippen molar-refractivity contribution < 1.29 is 9.59 Å². The second-order valence-electron chi connectivity index (χ2n) is 4.55. The van der Waals surface area contributed by atoms with Gasteiger partial charge < -0.3 is 11.1 Å². The molecule has 20 heavy (non-hydrogen) atoms. The average molecular weight is 292 g/mol. The van der Waals surface area contributed by atoms with Crippen LogP contribution in [0.15, 0.2) is 30.5 Å². The summed E-state index contributed by atoms with van der Waals surface area (Å²) in [5.41, 5.74) is 5.52. The molecule has 104 valence electrons. The molecule has 1 aromatic carbocycles. The van der Waals surface area contributed by atoms with Gasteiger partial charge in [-0.25, -0.2) is 4.98 Å². The third kappa shape index (κ3) is 3.05. The predicted molar refractivity (Wildman–Crippen MR) is 77.5 cm³/mol. The van der Waals surface area contributed by atoms with Crippen LogP contribution in [0.25, 0.3) is 10.8 Å². The molecule has 0 aliphatic rings. The lowest BCUT2D eigenvalue weighted by molar-refractivity contribution is -0.118. The monoisotopic (exact) mass is 291 g/mol. The van der Waals surface area contributed by atoms with Crippen LogP contribution in [0.1, 0.15) is 23.7 Å². The van der Waals surface area contributed by atoms with Crippen LogP contribution in [-0.4, -0.2) is 22.8 Å². The number of aromatic nitrogens is 1. The Morgan fingerprint density at radius 1 is 1.35 bits per heavy atom. The first-order chi connectivity index (χ1) is 9.49. The lowest BCUT2D eigenvalue weighted by Gasteiger charge is -2.13. The van der Waals surface area contributed by atoms with E-state index >= 15 is 0 Å². The Kier molecular flexibility index (Phi) is 4.20. The van der Waals surface area contributed by atoms with Crippen molar-refractivity contribution in [2.45, 2.75) is 19.4 Å². The maximum Gasteiger partial charge on any atom is 0.253 e. The molecule has 1 aromatic heterocycles. The molecule has 6 heteroatoms. The van der Waals surface area contributed by atoms with E-state index in [2.05, 4.69) is 10.3 Å². The van der Waals surface area contributed by atoms with E-state index in [1.54, 1.807) is 19.1 Å². The normalized spacial score (nSPS) is 12.1. The van der Waals surface area contributed by atoms with Gasteiger partial charge in [0.15, 0.2) is 0 Å². The molecular formula is C14H14ClN3O2. The highest BCUT2D eigenvalue weighted by Crippen LogP contribution is 2.24. The Balaban J connectivity index is 2.31. The summed E-state index contributed by atoms with van der Waals surface area (Å²) in [5.74, 6) is -0.768. The van der Waals surface area contributed by atoms with Crippen molar-refractivity contribution in [2.75, 3.05) is 0 Å². The molecular weight excluding hydrogens is 278 g/mol. The number of amides is 2. The van der Waals surface area contributed by atoms with Gasteiger partial charge in [0, 0.05) is 24.0 Å². The first-order valence-electron chi connectivity index (χ1n) is 6.11. The van der Waals surface area contributed by atoms with Crippen molar-refractivity contribution >= 4 is 34.2 Å². The fourth-order valence-electron chi connectivity index (χ4n) is 1.99. The van der Waals surface area contributed by atoms with Gasteiger partial charge >= 0.3 is 0 Å². The minimum atomic E-state index is -0.461. The van der Waals surface area contributed by atoms with Gasteiger partial charge in [0.2, 0.25) is 5.91 Å². The summed E-state index contributed by atoms with van der Waals surface area (Å²) in [7, 11) is 0. The van der Waals surface area contributed by atoms with Crippen LogP contribution in [0.2, 0.25) is 5.15 Å². The summed E-state index contributed by atoms with van der Waals surface area (Å²) in [6.45, 7) is 1.72. The fourth-order valence-corrected chi connectivity index (χ4v) is 2.21. The molecule has 2 aromatic rings. The largest absolute Gasteiger partial charge is 0.370 e. The number of rotatable bonds is 4. The molecule has 0 saturated heterocycles. The van der Waals surface area contributed by atoms with Gasteiger partial charge in [0.25, 0.3) is 5.91 Å². The smallest absolute Gasteiger partial charge is 0.253 e. The summed E-state index contributed by atoms with van der Waals surface area (Å²) < 4.78 is 0. The first-order valence-corrected chi connectivity index (χ1v) is 6.49. The van der Waals surface area contributed by atoms with Gasteiger partial charge in [-0.1, -0.05) is 35.9 Å². The first kappa shape index (κ1) is 14.3. The van der Waals surface area contributed by atoms with Gasteiger partial charge in [0.1, 0.15) is 5.15 Å². The van der Waals surface area contributed by atoms with Crippen LogP contribution >= 0.6 is 11.6 Å². The van der Waals surface area contributed by atoms with E-state index in [0.29, 0.717) is 16.1 Å². The van der Waals surface area contributed by atoms with Crippen LogP contribution in [0.3, 0.4) is 0 Å². The van der Waals surface area contributed by atoms with Crippen LogP contribution in [0.5, 0.6) is 0 Å². The molecule has 1 atom stereocenters. The Hall–Kier alpha value is -2.14. The Morgan fingerprint density at radius 2 is 2.00 bits per heavy atom. The van der Waals surface area contributed by atoms with E-state index in [1.807, 2.05) is 12.1 Å². The van der Waals surface area contributed by atoms with Crippen LogP contribution in [0.4, 0.5) is 0 Å². The summed E-state index contributed by atoms with van der Waals surface area (Å²) in [5, 5.41) is 4.50. The zero-order valence-corrected chi connectivity index (χ0v) is 11.6. The lowest BCUT2D eigenvalue weighted by atomic mass is 10.1. The van der Waals surface area contributed by atoms with Crippen molar-refractivity contribution in [3.05, 3.63) is 41.2 Å². The molecule has 0 saturated carbocycles. The highest BCUT2D eigenvalue weighted by molar-refractivity contribution is 6.34. The van der Waals surface area contributed by atoms with Crippen molar-refractivity contribution in [2.24, 2.45) is 5.73 Å². The van der Waals surface area contributed by atoms with Crippen LogP contribution in [0, 0.1) is 0 Å². The summed E-state index contributed by atoms with van der Waals surface area (Å²) in [6, 6.07) is 6.91. The van der Waals surface area contributed by atoms with Crippen molar-refractivity contribution in [1.29, 1.82) is 0 Å². The molecule has 2 amide bonds. The molecule has 0 bridgehead atoms. The fraction of sp³-hybridized carbons (Fsp3) is 0.214. The lowest BCUT2D eigenvalue weighted by Crippen LogP contribution is -2.35. The number of fused-ring (bicyclic) bond motifs is 1. The average Bonchev–Trinajstić information content (AvgIpc) is 2.38. The maximum absolute atomic E-state index is 12.2. The molecule has 5 nitrogen and oxygen atoms in total. The molecule has 0 fully saturated rings. The van der Waals surface area contributed by atoms with Gasteiger partial charge in [-0.3, -0.25) is 9.59 Å². The number of hydrogen-bond acceptors (Lipinski definition) is 3. The zero-order chi connectivity index (χ0) is 14.7. The third-order valence-corrected chi connectivity index (χ3v) is 3.18. The molecule has 0 radical (unpaired) electrons. The predicted octanol–water partition coefficient (Wildman–Crippen LogP) is 1.88. The molecule has 1 unspecified atom stereocenters. The number of hydrogen-bond donors (Lipinski definition) is 2. The number of carbonyl (C=O) groups excluding carboxylic acids is 2. The van der Waals surface area contributed by atoms with E-state index in [1.165, 1.54) is 6.20 Å². The molecule has 3 N–H and O–H groups in total. The third-order valence-electron chi connectivity index (χ3n) is 2.88. The number of benzene rings is 1. The summed E-state index contributed by atoms with van der Waals surface area (Å²) in [4.78, 5) is 27.1. The Bertz CT molecular complexity index is 673. The van der Waals surface area contributed by atoms with Crippen molar-refractivity contribution in [3.63, 3.8) is 0 Å². The zero-order valence-electron chi connectivity index (χ0n) is 10.9. The van der Waals surface area contributed by atoms with Gasteiger partial charge in [0.05, 0.1) is 5.56 Å². The van der Waals surface area contributed by atoms with Crippen molar-refractivity contribution in [3.8, 4) is 0 Å². The van der Waals surface area contributed by atoms with Crippen LogP contribution in [-0.2, 0) is 4.79 Å². The topological polar surface area (TPSA) is 85.1 Å². The number of carbonyl (C=O) groups is 2. The van der Waals surface area contributed by atoms with E-state index in [-0.39, 0.29) is 18.4 Å². The van der Waals surface area contributed by atoms with Gasteiger partial charge in [-0.05, 0) is 12.3 Å². The minimum absolute atomic E-state index is 0.0880. The van der Waals surface area contributed by atoms with E-state index in [9.17, 15) is 9.59 Å². The molecule has 2 rings (SSSR count). The summed E-state index contributed by atoms with van der Waals surface area (Å²) >= 11 is 6.00. The SMILES string of the molecule is CC(CC(N)=O)NC(=O)c1cnc(Cl)c2ccccc12. The molecule has 1 heterocycles. The van der Waals surface area contributed by atoms with Crippen LogP contribution < -0.4 is 11.1 Å². The second kappa shape index (κ2) is 5.88. The number of nitrogens with two attached hydrogens (primary N) is 1. The van der Waals surface area contributed by atoms with E-state index in [0.717, 1.165) is 5.39 Å². The Labute approximate surface area is 121 Å². The summed E-state index contributed by atoms with van der Waals surface area (Å²) in [6.07, 6.45) is 1.52. The van der Waals surface area contributed by atoms with Gasteiger partial charge in [-0.15, -0.1) is 0 Å². The highest BCUT2D eigenvalue weighted by Gasteiger charge is 2.15. The maximum atomic E-state index is 12.2. The molecule has 0 spiro atoms. The Morgan fingerprint density at radius 3 is 2.65 bits per heavy atom. The number of nitrogens with zero attached hydrogens (tertiary/aromatic N) is 1.